The van der Waals surface area contributed by atoms with Gasteiger partial charge in [0.05, 0.1) is 0 Å². The molecule has 2 heteroatoms. The first-order valence-corrected chi connectivity index (χ1v) is 8.28. The fraction of sp³-hybridized carbons (Fsp3) is 1.00. The zero-order chi connectivity index (χ0) is 12.4. The van der Waals surface area contributed by atoms with E-state index in [1.54, 1.807) is 0 Å². The summed E-state index contributed by atoms with van der Waals surface area (Å²) in [5, 5.41) is 3.71. The average molecular weight is 250 g/mol. The third-order valence-corrected chi connectivity index (χ3v) is 5.35. The van der Waals surface area contributed by atoms with Crippen molar-refractivity contribution in [3.8, 4) is 0 Å². The molecule has 104 valence electrons. The summed E-state index contributed by atoms with van der Waals surface area (Å²) in [5.74, 6) is 1.93. The first-order chi connectivity index (χ1) is 8.81. The van der Waals surface area contributed by atoms with Crippen LogP contribution in [-0.4, -0.2) is 36.6 Å². The summed E-state index contributed by atoms with van der Waals surface area (Å²) in [5.41, 5.74) is 0. The SMILES string of the molecule is CC1CCCC(N2CCC(CNC3CC3)CC2)C1. The Morgan fingerprint density at radius 3 is 2.44 bits per heavy atom. The Morgan fingerprint density at radius 2 is 1.78 bits per heavy atom. The van der Waals surface area contributed by atoms with E-state index in [1.807, 2.05) is 0 Å². The van der Waals surface area contributed by atoms with Crippen molar-refractivity contribution in [3.63, 3.8) is 0 Å². The summed E-state index contributed by atoms with van der Waals surface area (Å²) in [6, 6.07) is 1.81. The summed E-state index contributed by atoms with van der Waals surface area (Å²) in [7, 11) is 0. The molecular weight excluding hydrogens is 220 g/mol. The van der Waals surface area contributed by atoms with Crippen molar-refractivity contribution in [2.45, 2.75) is 70.4 Å². The van der Waals surface area contributed by atoms with Crippen LogP contribution in [0.15, 0.2) is 0 Å². The van der Waals surface area contributed by atoms with Crippen LogP contribution in [-0.2, 0) is 0 Å². The Kier molecular flexibility index (Phi) is 4.25. The molecular formula is C16H30N2. The van der Waals surface area contributed by atoms with E-state index in [-0.39, 0.29) is 0 Å². The van der Waals surface area contributed by atoms with Crippen molar-refractivity contribution in [1.82, 2.24) is 10.2 Å². The third kappa shape index (κ3) is 3.48. The smallest absolute Gasteiger partial charge is 0.00977 e. The molecule has 1 heterocycles. The van der Waals surface area contributed by atoms with Gasteiger partial charge in [0.2, 0.25) is 0 Å². The molecule has 0 spiro atoms. The van der Waals surface area contributed by atoms with Gasteiger partial charge >= 0.3 is 0 Å². The lowest BCUT2D eigenvalue weighted by molar-refractivity contribution is 0.0923. The Hall–Kier alpha value is -0.0800. The van der Waals surface area contributed by atoms with Crippen LogP contribution in [0.25, 0.3) is 0 Å². The standard InChI is InChI=1S/C16H30N2/c1-13-3-2-4-16(11-13)18-9-7-14(8-10-18)12-17-15-5-6-15/h13-17H,2-12H2,1H3. The third-order valence-electron chi connectivity index (χ3n) is 5.35. The lowest BCUT2D eigenvalue weighted by Gasteiger charge is -2.40. The number of rotatable bonds is 4. The van der Waals surface area contributed by atoms with Crippen LogP contribution >= 0.6 is 0 Å². The lowest BCUT2D eigenvalue weighted by atomic mass is 9.84. The zero-order valence-corrected chi connectivity index (χ0v) is 12.0. The van der Waals surface area contributed by atoms with Gasteiger partial charge in [0.15, 0.2) is 0 Å². The summed E-state index contributed by atoms with van der Waals surface area (Å²) < 4.78 is 0. The molecule has 2 unspecified atom stereocenters. The molecule has 0 amide bonds. The van der Waals surface area contributed by atoms with Crippen LogP contribution in [0.5, 0.6) is 0 Å². The summed E-state index contributed by atoms with van der Waals surface area (Å²) in [4.78, 5) is 2.81. The summed E-state index contributed by atoms with van der Waals surface area (Å²) in [6.45, 7) is 6.47. The van der Waals surface area contributed by atoms with E-state index in [0.717, 1.165) is 23.9 Å². The molecule has 0 aromatic carbocycles. The number of hydrogen-bond acceptors (Lipinski definition) is 2. The van der Waals surface area contributed by atoms with Crippen LogP contribution in [0, 0.1) is 11.8 Å². The topological polar surface area (TPSA) is 15.3 Å². The quantitative estimate of drug-likeness (QED) is 0.825. The highest BCUT2D eigenvalue weighted by Crippen LogP contribution is 2.30. The van der Waals surface area contributed by atoms with E-state index in [0.29, 0.717) is 0 Å². The number of nitrogens with zero attached hydrogens (tertiary/aromatic N) is 1. The summed E-state index contributed by atoms with van der Waals surface area (Å²) >= 11 is 0. The molecule has 1 N–H and O–H groups in total. The van der Waals surface area contributed by atoms with E-state index in [1.165, 1.54) is 71.0 Å². The molecule has 3 rings (SSSR count). The Bertz CT molecular complexity index is 254. The number of piperidine rings is 1. The lowest BCUT2D eigenvalue weighted by Crippen LogP contribution is -2.44. The van der Waals surface area contributed by atoms with Crippen molar-refractivity contribution in [3.05, 3.63) is 0 Å². The molecule has 0 radical (unpaired) electrons. The minimum atomic E-state index is 0.891. The van der Waals surface area contributed by atoms with Crippen molar-refractivity contribution in [2.75, 3.05) is 19.6 Å². The molecule has 1 saturated heterocycles. The van der Waals surface area contributed by atoms with Gasteiger partial charge in [0.25, 0.3) is 0 Å². The van der Waals surface area contributed by atoms with E-state index in [4.69, 9.17) is 0 Å². The van der Waals surface area contributed by atoms with Crippen molar-refractivity contribution < 1.29 is 0 Å². The van der Waals surface area contributed by atoms with Gasteiger partial charge in [-0.25, -0.2) is 0 Å². The monoisotopic (exact) mass is 250 g/mol. The molecule has 0 aromatic rings. The van der Waals surface area contributed by atoms with Gasteiger partial charge in [0, 0.05) is 12.1 Å². The highest BCUT2D eigenvalue weighted by molar-refractivity contribution is 4.85. The maximum absolute atomic E-state index is 3.71. The van der Waals surface area contributed by atoms with Gasteiger partial charge in [-0.3, -0.25) is 0 Å². The van der Waals surface area contributed by atoms with Gasteiger partial charge in [-0.1, -0.05) is 19.8 Å². The molecule has 2 nitrogen and oxygen atoms in total. The maximum Gasteiger partial charge on any atom is 0.00977 e. The molecule has 18 heavy (non-hydrogen) atoms. The van der Waals surface area contributed by atoms with Gasteiger partial charge < -0.3 is 10.2 Å². The fourth-order valence-electron chi connectivity index (χ4n) is 3.88. The second-order valence-electron chi connectivity index (χ2n) is 7.09. The van der Waals surface area contributed by atoms with Crippen molar-refractivity contribution in [1.29, 1.82) is 0 Å². The van der Waals surface area contributed by atoms with Crippen molar-refractivity contribution >= 4 is 0 Å². The van der Waals surface area contributed by atoms with E-state index in [9.17, 15) is 0 Å². The molecule has 0 bridgehead atoms. The zero-order valence-electron chi connectivity index (χ0n) is 12.0. The first-order valence-electron chi connectivity index (χ1n) is 8.28. The average Bonchev–Trinajstić information content (AvgIpc) is 3.21. The van der Waals surface area contributed by atoms with Crippen LogP contribution in [0.3, 0.4) is 0 Å². The number of hydrogen-bond donors (Lipinski definition) is 1. The summed E-state index contributed by atoms with van der Waals surface area (Å²) in [6.07, 6.45) is 11.6. The van der Waals surface area contributed by atoms with E-state index >= 15 is 0 Å². The number of likely N-dealkylation sites (tertiary alicyclic amines) is 1. The molecule has 1 aliphatic heterocycles. The highest BCUT2D eigenvalue weighted by atomic mass is 15.2. The molecule has 2 saturated carbocycles. The van der Waals surface area contributed by atoms with Gasteiger partial charge in [0.1, 0.15) is 0 Å². The molecule has 3 aliphatic rings. The number of nitrogens with one attached hydrogen (secondary N) is 1. The Labute approximate surface area is 113 Å². The second kappa shape index (κ2) is 5.92. The van der Waals surface area contributed by atoms with Crippen molar-refractivity contribution in [2.24, 2.45) is 11.8 Å². The second-order valence-corrected chi connectivity index (χ2v) is 7.09. The van der Waals surface area contributed by atoms with E-state index in [2.05, 4.69) is 17.1 Å². The normalized spacial score (nSPS) is 35.8. The molecule has 2 atom stereocenters. The highest BCUT2D eigenvalue weighted by Gasteiger charge is 2.29. The predicted octanol–water partition coefficient (Wildman–Crippen LogP) is 3.03. The maximum atomic E-state index is 3.71. The molecule has 3 fully saturated rings. The van der Waals surface area contributed by atoms with Crippen LogP contribution in [0.1, 0.15) is 58.3 Å². The van der Waals surface area contributed by atoms with Gasteiger partial charge in [-0.15, -0.1) is 0 Å². The molecule has 0 aromatic heterocycles. The van der Waals surface area contributed by atoms with E-state index < -0.39 is 0 Å². The first kappa shape index (κ1) is 12.9. The van der Waals surface area contributed by atoms with Crippen LogP contribution in [0.4, 0.5) is 0 Å². The van der Waals surface area contributed by atoms with Gasteiger partial charge in [-0.05, 0) is 70.0 Å². The van der Waals surface area contributed by atoms with Crippen LogP contribution < -0.4 is 5.32 Å². The fourth-order valence-corrected chi connectivity index (χ4v) is 3.88. The largest absolute Gasteiger partial charge is 0.314 e. The minimum absolute atomic E-state index is 0.891. The Balaban J connectivity index is 1.38. The predicted molar refractivity (Wildman–Crippen MR) is 76.7 cm³/mol. The molecule has 2 aliphatic carbocycles. The Morgan fingerprint density at radius 1 is 1.00 bits per heavy atom. The van der Waals surface area contributed by atoms with Gasteiger partial charge in [-0.2, -0.15) is 0 Å². The van der Waals surface area contributed by atoms with Crippen LogP contribution in [0.2, 0.25) is 0 Å². The minimum Gasteiger partial charge on any atom is -0.314 e.